The van der Waals surface area contributed by atoms with Crippen molar-refractivity contribution in [3.63, 3.8) is 0 Å². The first-order valence-electron chi connectivity index (χ1n) is 36.7. The van der Waals surface area contributed by atoms with Crippen molar-refractivity contribution in [3.05, 3.63) is 221 Å². The number of aryl methyl sites for hydroxylation is 1. The van der Waals surface area contributed by atoms with E-state index in [-0.39, 0.29) is 53.0 Å². The Labute approximate surface area is 632 Å². The van der Waals surface area contributed by atoms with Crippen molar-refractivity contribution in [2.45, 2.75) is 45.3 Å². The number of fused-ring (bicyclic) bond motifs is 6. The quantitative estimate of drug-likeness (QED) is 0.0496. The minimum atomic E-state index is -0.341. The number of nitrogens with one attached hydrogen (secondary N) is 6. The SMILES string of the molecule is CN(C)C[C@@H]1CN(c2ccc(Nc3ccc(-c4cnc5cc(F)ccn45)c4c3C(=O)NC4)nc2)CCO1.CN(C)C[C@H]1CN(c2ccc(Nc3ccc(-c4cnc5cc(F)ccn45)c4c3C(=O)NC4)nc2)CCO1.Cc1ccn2c(-c3ccc(Nc4ccc(CN5CCN(C)CC5)cn4)c4c3CNC4=O)cnc2c1F. The summed E-state index contributed by atoms with van der Waals surface area (Å²) in [6, 6.07) is 30.8. The second-order valence-electron chi connectivity index (χ2n) is 28.9. The number of piperazine rings is 1. The summed E-state index contributed by atoms with van der Waals surface area (Å²) in [6.45, 7) is 14.5. The van der Waals surface area contributed by atoms with Gasteiger partial charge in [-0.1, -0.05) is 24.3 Å². The van der Waals surface area contributed by atoms with Crippen molar-refractivity contribution in [2.24, 2.45) is 0 Å². The van der Waals surface area contributed by atoms with Gasteiger partial charge in [0.15, 0.2) is 11.5 Å². The van der Waals surface area contributed by atoms with E-state index in [1.807, 2.05) is 129 Å². The monoisotopic (exact) mass is 1490 g/mol. The largest absolute Gasteiger partial charge is 0.373 e. The summed E-state index contributed by atoms with van der Waals surface area (Å²) in [5.41, 5.74) is 16.5. The fourth-order valence-corrected chi connectivity index (χ4v) is 15.2. The first kappa shape index (κ1) is 72.3. The van der Waals surface area contributed by atoms with Crippen molar-refractivity contribution >= 4 is 80.6 Å². The molecule has 29 heteroatoms. The van der Waals surface area contributed by atoms with E-state index in [0.29, 0.717) is 101 Å². The molecule has 564 valence electrons. The maximum Gasteiger partial charge on any atom is 0.254 e. The molecule has 3 fully saturated rings. The molecule has 0 unspecified atom stereocenters. The minimum absolute atomic E-state index is 0.142. The molecule has 26 nitrogen and oxygen atoms in total. The summed E-state index contributed by atoms with van der Waals surface area (Å²) in [7, 11) is 10.3. The molecule has 15 heterocycles. The van der Waals surface area contributed by atoms with E-state index in [1.165, 1.54) is 29.8 Å². The number of likely N-dealkylation sites (N-methyl/N-ethyl adjacent to an activating group) is 3. The second-order valence-corrected chi connectivity index (χ2v) is 28.9. The fraction of sp³-hybridized carbons (Fsp3) is 0.296. The Morgan fingerprint density at radius 2 is 0.909 bits per heavy atom. The average molecular weight is 1490 g/mol. The third kappa shape index (κ3) is 15.1. The van der Waals surface area contributed by atoms with Gasteiger partial charge in [0.05, 0.1) is 119 Å². The number of pyridine rings is 6. The molecule has 6 aliphatic heterocycles. The van der Waals surface area contributed by atoms with Gasteiger partial charge in [0, 0.05) is 145 Å². The molecular weight excluding hydrogens is 1400 g/mol. The topological polar surface area (TPSA) is 252 Å². The van der Waals surface area contributed by atoms with E-state index < -0.39 is 0 Å². The van der Waals surface area contributed by atoms with Crippen LogP contribution in [0.15, 0.2) is 159 Å². The van der Waals surface area contributed by atoms with E-state index in [4.69, 9.17) is 9.47 Å². The number of morpholine rings is 2. The van der Waals surface area contributed by atoms with Gasteiger partial charge in [-0.05, 0) is 137 Å². The van der Waals surface area contributed by atoms with Crippen LogP contribution in [0, 0.1) is 24.4 Å². The summed E-state index contributed by atoms with van der Waals surface area (Å²) < 4.78 is 59.0. The number of benzene rings is 3. The lowest BCUT2D eigenvalue weighted by molar-refractivity contribution is 0.0246. The molecule has 6 aliphatic rings. The molecular formula is C81H84F3N21O5. The van der Waals surface area contributed by atoms with Crippen LogP contribution in [0.25, 0.3) is 50.7 Å². The first-order chi connectivity index (χ1) is 53.4. The lowest BCUT2D eigenvalue weighted by atomic mass is 9.99. The average Bonchev–Trinajstić information content (AvgIpc) is 1.60. The van der Waals surface area contributed by atoms with Gasteiger partial charge in [-0.2, -0.15) is 0 Å². The number of aromatic nitrogens is 9. The molecule has 0 saturated carbocycles. The maximum atomic E-state index is 14.6. The van der Waals surface area contributed by atoms with Crippen molar-refractivity contribution in [1.29, 1.82) is 0 Å². The normalized spacial score (nSPS) is 17.0. The van der Waals surface area contributed by atoms with Gasteiger partial charge >= 0.3 is 0 Å². The fourth-order valence-electron chi connectivity index (χ4n) is 15.2. The molecule has 18 rings (SSSR count). The lowest BCUT2D eigenvalue weighted by Gasteiger charge is -2.35. The van der Waals surface area contributed by atoms with E-state index >= 15 is 0 Å². The van der Waals surface area contributed by atoms with Gasteiger partial charge in [0.25, 0.3) is 17.7 Å². The molecule has 6 N–H and O–H groups in total. The van der Waals surface area contributed by atoms with Crippen LogP contribution in [0.1, 0.15) is 58.9 Å². The second kappa shape index (κ2) is 31.0. The number of carbonyl (C=O) groups excluding carboxylic acids is 3. The van der Waals surface area contributed by atoms with Gasteiger partial charge in [-0.15, -0.1) is 0 Å². The van der Waals surface area contributed by atoms with Crippen LogP contribution in [-0.2, 0) is 35.7 Å². The maximum absolute atomic E-state index is 14.6. The van der Waals surface area contributed by atoms with Crippen LogP contribution in [0.4, 0.5) is 59.1 Å². The molecule has 9 aromatic heterocycles. The highest BCUT2D eigenvalue weighted by Crippen LogP contribution is 2.40. The van der Waals surface area contributed by atoms with E-state index in [9.17, 15) is 27.6 Å². The number of halogens is 3. The smallest absolute Gasteiger partial charge is 0.254 e. The Bertz CT molecular complexity index is 5230. The van der Waals surface area contributed by atoms with E-state index in [2.05, 4.69) is 104 Å². The number of imidazole rings is 3. The molecule has 3 aromatic carbocycles. The Morgan fingerprint density at radius 3 is 1.34 bits per heavy atom. The molecule has 0 aliphatic carbocycles. The molecule has 110 heavy (non-hydrogen) atoms. The molecule has 0 spiro atoms. The predicted molar refractivity (Wildman–Crippen MR) is 416 cm³/mol. The third-order valence-corrected chi connectivity index (χ3v) is 20.7. The summed E-state index contributed by atoms with van der Waals surface area (Å²) in [5, 5.41) is 18.8. The van der Waals surface area contributed by atoms with Gasteiger partial charge in [0.2, 0.25) is 0 Å². The van der Waals surface area contributed by atoms with Gasteiger partial charge < -0.3 is 65.9 Å². The highest BCUT2D eigenvalue weighted by Gasteiger charge is 2.32. The van der Waals surface area contributed by atoms with Gasteiger partial charge in [0.1, 0.15) is 40.4 Å². The highest BCUT2D eigenvalue weighted by molar-refractivity contribution is 6.08. The summed E-state index contributed by atoms with van der Waals surface area (Å²) >= 11 is 0. The highest BCUT2D eigenvalue weighted by atomic mass is 19.1. The number of nitrogens with zero attached hydrogens (tertiary/aromatic N) is 15. The minimum Gasteiger partial charge on any atom is -0.373 e. The van der Waals surface area contributed by atoms with Crippen molar-refractivity contribution in [2.75, 3.05) is 140 Å². The van der Waals surface area contributed by atoms with Crippen LogP contribution in [0.5, 0.6) is 0 Å². The van der Waals surface area contributed by atoms with E-state index in [1.54, 1.807) is 48.4 Å². The molecule has 12 aromatic rings. The van der Waals surface area contributed by atoms with Crippen molar-refractivity contribution in [1.82, 2.24) is 78.7 Å². The Kier molecular flexibility index (Phi) is 20.4. The number of hydrogen-bond donors (Lipinski definition) is 6. The van der Waals surface area contributed by atoms with Crippen molar-refractivity contribution < 1.29 is 37.0 Å². The van der Waals surface area contributed by atoms with Crippen molar-refractivity contribution in [3.8, 4) is 33.8 Å². The molecule has 3 saturated heterocycles. The number of anilines is 8. The number of carbonyl (C=O) groups is 3. The Morgan fingerprint density at radius 1 is 0.482 bits per heavy atom. The standard InChI is InChI=1S/2C27H28FN7O2.C27H28FN7O/c2*1-33(2)15-19-16-34(9-10-37-19)18-3-6-24(29-12-18)32-22-5-4-20(21-13-31-27(36)26(21)22)23-14-30-25-11-17(28)7-8-35(23)25;1-17-7-8-35-22(15-30-26(35)25(17)28)19-4-5-21(24-20(19)14-31-27(24)36)32-23-6-3-18(13-29-23)16-34-11-9-33(2)10-12-34/h2*3-8,11-12,14,19H,9-10,13,15-16H2,1-2H3,(H,29,32)(H,31,36);3-8,13,15H,9-12,14,16H2,1-2H3,(H,29,32)(H,31,36)/t2*19-;/m10./s1. The third-order valence-electron chi connectivity index (χ3n) is 20.7. The predicted octanol–water partition coefficient (Wildman–Crippen LogP) is 10.2. The van der Waals surface area contributed by atoms with E-state index in [0.717, 1.165) is 134 Å². The summed E-state index contributed by atoms with van der Waals surface area (Å²) in [5.74, 6) is 0.542. The number of hydrogen-bond acceptors (Lipinski definition) is 20. The van der Waals surface area contributed by atoms with Crippen LogP contribution >= 0.6 is 0 Å². The van der Waals surface area contributed by atoms with Gasteiger partial charge in [-0.25, -0.2) is 43.1 Å². The Balaban J connectivity index is 0.000000125. The Hall–Kier alpha value is -11.9. The zero-order chi connectivity index (χ0) is 75.8. The lowest BCUT2D eigenvalue weighted by Crippen LogP contribution is -2.46. The van der Waals surface area contributed by atoms with Crippen LogP contribution in [0.2, 0.25) is 0 Å². The zero-order valence-electron chi connectivity index (χ0n) is 61.9. The summed E-state index contributed by atoms with van der Waals surface area (Å²) in [6.07, 6.45) is 16.1. The van der Waals surface area contributed by atoms with Gasteiger partial charge in [-0.3, -0.25) is 32.5 Å². The molecule has 3 amide bonds. The summed E-state index contributed by atoms with van der Waals surface area (Å²) in [4.78, 5) is 78.8. The number of ether oxygens (including phenoxy) is 2. The zero-order valence-corrected chi connectivity index (χ0v) is 61.9. The number of amides is 3. The molecule has 2 atom stereocenters. The molecule has 0 radical (unpaired) electrons. The first-order valence-corrected chi connectivity index (χ1v) is 36.7. The van der Waals surface area contributed by atoms with Crippen LogP contribution < -0.4 is 41.7 Å². The molecule has 0 bridgehead atoms. The van der Waals surface area contributed by atoms with Crippen LogP contribution in [-0.4, -0.2) is 207 Å². The van der Waals surface area contributed by atoms with Crippen LogP contribution in [0.3, 0.4) is 0 Å². The number of rotatable bonds is 17.